The smallest absolute Gasteiger partial charge is 0.200 e. The van der Waals surface area contributed by atoms with Crippen molar-refractivity contribution in [2.45, 2.75) is 0 Å². The van der Waals surface area contributed by atoms with E-state index in [2.05, 4.69) is 5.32 Å². The molecule has 0 fully saturated rings. The summed E-state index contributed by atoms with van der Waals surface area (Å²) in [5.74, 6) is -9.66. The standard InChI is InChI=1S/C10H11F5N2/c1-16-3-4-17(2)10-8(14)6(12)5(11)7(13)9(10)15/h16H,3-4H2,1-2H3. The number of nitrogens with zero attached hydrogens (tertiary/aromatic N) is 1. The average Bonchev–Trinajstić information content (AvgIpc) is 2.31. The highest BCUT2D eigenvalue weighted by Gasteiger charge is 2.27. The van der Waals surface area contributed by atoms with Crippen molar-refractivity contribution in [1.29, 1.82) is 0 Å². The van der Waals surface area contributed by atoms with Gasteiger partial charge in [0.2, 0.25) is 5.82 Å². The minimum absolute atomic E-state index is 0.106. The second-order valence-corrected chi connectivity index (χ2v) is 3.44. The molecule has 0 atom stereocenters. The van der Waals surface area contributed by atoms with Crippen LogP contribution in [0.1, 0.15) is 0 Å². The Balaban J connectivity index is 3.24. The molecule has 1 N–H and O–H groups in total. The molecule has 1 aromatic carbocycles. The summed E-state index contributed by atoms with van der Waals surface area (Å²) in [6.45, 7) is 0.449. The minimum Gasteiger partial charge on any atom is -0.368 e. The third-order valence-electron chi connectivity index (χ3n) is 2.27. The van der Waals surface area contributed by atoms with E-state index in [1.165, 1.54) is 7.05 Å². The lowest BCUT2D eigenvalue weighted by Crippen LogP contribution is -2.29. The van der Waals surface area contributed by atoms with Crippen LogP contribution in [0.5, 0.6) is 0 Å². The second-order valence-electron chi connectivity index (χ2n) is 3.44. The van der Waals surface area contributed by atoms with Crippen LogP contribution in [-0.4, -0.2) is 27.2 Å². The predicted molar refractivity (Wildman–Crippen MR) is 53.4 cm³/mol. The van der Waals surface area contributed by atoms with Crippen molar-refractivity contribution in [1.82, 2.24) is 5.32 Å². The number of nitrogens with one attached hydrogen (secondary N) is 1. The lowest BCUT2D eigenvalue weighted by atomic mass is 10.2. The molecule has 0 radical (unpaired) electrons. The molecule has 0 aliphatic heterocycles. The first-order valence-electron chi connectivity index (χ1n) is 4.79. The first kappa shape index (κ1) is 13.7. The molecule has 0 saturated heterocycles. The van der Waals surface area contributed by atoms with E-state index in [9.17, 15) is 22.0 Å². The van der Waals surface area contributed by atoms with Gasteiger partial charge in [0.05, 0.1) is 0 Å². The third kappa shape index (κ3) is 2.49. The Morgan fingerprint density at radius 2 is 1.29 bits per heavy atom. The van der Waals surface area contributed by atoms with Gasteiger partial charge in [-0.2, -0.15) is 0 Å². The molecule has 1 aromatic rings. The first-order chi connectivity index (χ1) is 7.91. The number of benzene rings is 1. The molecule has 0 unspecified atom stereocenters. The van der Waals surface area contributed by atoms with Gasteiger partial charge in [-0.3, -0.25) is 0 Å². The molecule has 96 valence electrons. The summed E-state index contributed by atoms with van der Waals surface area (Å²) in [6.07, 6.45) is 0. The van der Waals surface area contributed by atoms with Crippen LogP contribution in [0.4, 0.5) is 27.6 Å². The van der Waals surface area contributed by atoms with Crippen molar-refractivity contribution < 1.29 is 22.0 Å². The monoisotopic (exact) mass is 254 g/mol. The van der Waals surface area contributed by atoms with Crippen LogP contribution >= 0.6 is 0 Å². The normalized spacial score (nSPS) is 10.8. The van der Waals surface area contributed by atoms with Gasteiger partial charge in [-0.05, 0) is 7.05 Å². The molecule has 0 aliphatic rings. The lowest BCUT2D eigenvalue weighted by Gasteiger charge is -2.20. The summed E-state index contributed by atoms with van der Waals surface area (Å²) in [7, 11) is 2.85. The Kier molecular flexibility index (Phi) is 4.28. The van der Waals surface area contributed by atoms with Crippen LogP contribution in [0.3, 0.4) is 0 Å². The fourth-order valence-electron chi connectivity index (χ4n) is 1.32. The van der Waals surface area contributed by atoms with Gasteiger partial charge in [-0.15, -0.1) is 0 Å². The molecule has 0 saturated carbocycles. The number of hydrogen-bond acceptors (Lipinski definition) is 2. The van der Waals surface area contributed by atoms with Gasteiger partial charge in [0.15, 0.2) is 23.3 Å². The van der Waals surface area contributed by atoms with Crippen LogP contribution in [0, 0.1) is 29.1 Å². The highest BCUT2D eigenvalue weighted by Crippen LogP contribution is 2.29. The largest absolute Gasteiger partial charge is 0.368 e. The van der Waals surface area contributed by atoms with Gasteiger partial charge in [0.1, 0.15) is 5.69 Å². The molecular weight excluding hydrogens is 243 g/mol. The molecule has 0 aliphatic carbocycles. The number of rotatable bonds is 4. The molecule has 2 nitrogen and oxygen atoms in total. The van der Waals surface area contributed by atoms with Crippen molar-refractivity contribution in [2.24, 2.45) is 0 Å². The zero-order valence-corrected chi connectivity index (χ0v) is 9.25. The highest BCUT2D eigenvalue weighted by atomic mass is 19.2. The van der Waals surface area contributed by atoms with Crippen LogP contribution in [-0.2, 0) is 0 Å². The van der Waals surface area contributed by atoms with E-state index in [4.69, 9.17) is 0 Å². The van der Waals surface area contributed by atoms with Gasteiger partial charge < -0.3 is 10.2 Å². The molecule has 0 heterocycles. The molecule has 0 aromatic heterocycles. The summed E-state index contributed by atoms with van der Waals surface area (Å²) < 4.78 is 65.1. The Morgan fingerprint density at radius 3 is 1.71 bits per heavy atom. The van der Waals surface area contributed by atoms with Crippen molar-refractivity contribution in [2.75, 3.05) is 32.1 Å². The summed E-state index contributed by atoms with van der Waals surface area (Å²) in [5, 5.41) is 2.70. The van der Waals surface area contributed by atoms with Gasteiger partial charge in [0, 0.05) is 20.1 Å². The Hall–Kier alpha value is -1.37. The van der Waals surface area contributed by atoms with E-state index in [0.29, 0.717) is 6.54 Å². The third-order valence-corrected chi connectivity index (χ3v) is 2.27. The highest BCUT2D eigenvalue weighted by molar-refractivity contribution is 5.49. The fraction of sp³-hybridized carbons (Fsp3) is 0.400. The van der Waals surface area contributed by atoms with E-state index in [-0.39, 0.29) is 6.54 Å². The molecule has 1 rings (SSSR count). The Morgan fingerprint density at radius 1 is 0.882 bits per heavy atom. The maximum atomic E-state index is 13.3. The van der Waals surface area contributed by atoms with Crippen LogP contribution in [0.2, 0.25) is 0 Å². The quantitative estimate of drug-likeness (QED) is 0.502. The minimum atomic E-state index is -2.15. The maximum Gasteiger partial charge on any atom is 0.200 e. The Bertz CT molecular complexity index is 393. The lowest BCUT2D eigenvalue weighted by molar-refractivity contribution is 0.379. The zero-order valence-electron chi connectivity index (χ0n) is 9.25. The average molecular weight is 254 g/mol. The molecule has 0 spiro atoms. The number of halogens is 5. The predicted octanol–water partition coefficient (Wildman–Crippen LogP) is 2.04. The van der Waals surface area contributed by atoms with Gasteiger partial charge in [-0.1, -0.05) is 0 Å². The first-order valence-corrected chi connectivity index (χ1v) is 4.79. The zero-order chi connectivity index (χ0) is 13.2. The van der Waals surface area contributed by atoms with E-state index in [1.807, 2.05) is 0 Å². The molecular formula is C10H11F5N2. The molecule has 0 amide bonds. The SMILES string of the molecule is CNCCN(C)c1c(F)c(F)c(F)c(F)c1F. The summed E-state index contributed by atoms with van der Waals surface area (Å²) >= 11 is 0. The van der Waals surface area contributed by atoms with E-state index in [1.54, 1.807) is 7.05 Å². The van der Waals surface area contributed by atoms with Crippen molar-refractivity contribution >= 4 is 5.69 Å². The van der Waals surface area contributed by atoms with Crippen molar-refractivity contribution in [3.05, 3.63) is 29.1 Å². The van der Waals surface area contributed by atoms with Gasteiger partial charge in [0.25, 0.3) is 0 Å². The second kappa shape index (κ2) is 5.31. The maximum absolute atomic E-state index is 13.3. The number of hydrogen-bond donors (Lipinski definition) is 1. The number of anilines is 1. The Labute approximate surface area is 95.0 Å². The summed E-state index contributed by atoms with van der Waals surface area (Å²) in [4.78, 5) is 0.965. The fourth-order valence-corrected chi connectivity index (χ4v) is 1.32. The van der Waals surface area contributed by atoms with E-state index >= 15 is 0 Å². The summed E-state index contributed by atoms with van der Waals surface area (Å²) in [6, 6.07) is 0. The number of likely N-dealkylation sites (N-methyl/N-ethyl adjacent to an activating group) is 2. The van der Waals surface area contributed by atoms with Crippen LogP contribution < -0.4 is 10.2 Å². The van der Waals surface area contributed by atoms with E-state index in [0.717, 1.165) is 4.90 Å². The molecule has 17 heavy (non-hydrogen) atoms. The molecule has 0 bridgehead atoms. The van der Waals surface area contributed by atoms with Gasteiger partial charge >= 0.3 is 0 Å². The topological polar surface area (TPSA) is 15.3 Å². The van der Waals surface area contributed by atoms with Crippen LogP contribution in [0.25, 0.3) is 0 Å². The van der Waals surface area contributed by atoms with Crippen LogP contribution in [0.15, 0.2) is 0 Å². The molecule has 7 heteroatoms. The van der Waals surface area contributed by atoms with Crippen molar-refractivity contribution in [3.8, 4) is 0 Å². The van der Waals surface area contributed by atoms with Gasteiger partial charge in [-0.25, -0.2) is 22.0 Å². The van der Waals surface area contributed by atoms with Crippen molar-refractivity contribution in [3.63, 3.8) is 0 Å². The van der Waals surface area contributed by atoms with E-state index < -0.39 is 34.8 Å². The summed E-state index contributed by atoms with van der Waals surface area (Å²) in [5.41, 5.74) is -0.920.